The van der Waals surface area contributed by atoms with Gasteiger partial charge in [0, 0.05) is 10.9 Å². The first-order valence-electron chi connectivity index (χ1n) is 7.16. The Kier molecular flexibility index (Phi) is 5.40. The Morgan fingerprint density at radius 1 is 1.47 bits per heavy atom. The lowest BCUT2D eigenvalue weighted by Crippen LogP contribution is -2.33. The highest BCUT2D eigenvalue weighted by Gasteiger charge is 2.22. The van der Waals surface area contributed by atoms with E-state index < -0.39 is 5.97 Å². The molecule has 3 nitrogen and oxygen atoms in total. The van der Waals surface area contributed by atoms with E-state index in [-0.39, 0.29) is 12.5 Å². The third kappa shape index (κ3) is 4.62. The van der Waals surface area contributed by atoms with Crippen LogP contribution in [0.5, 0.6) is 0 Å². The molecule has 0 radical (unpaired) electrons. The monoisotopic (exact) mass is 281 g/mol. The van der Waals surface area contributed by atoms with Crippen molar-refractivity contribution in [2.45, 2.75) is 57.5 Å². The first-order valence-corrected chi connectivity index (χ1v) is 8.04. The molecule has 1 aliphatic rings. The van der Waals surface area contributed by atoms with Crippen molar-refractivity contribution in [3.05, 3.63) is 22.4 Å². The summed E-state index contributed by atoms with van der Waals surface area (Å²) in [6.07, 6.45) is 6.33. The number of rotatable bonds is 5. The fourth-order valence-electron chi connectivity index (χ4n) is 2.84. The summed E-state index contributed by atoms with van der Waals surface area (Å²) in [6.45, 7) is 2.32. The second-order valence-electron chi connectivity index (χ2n) is 5.64. The Labute approximate surface area is 119 Å². The van der Waals surface area contributed by atoms with Gasteiger partial charge in [-0.15, -0.1) is 11.3 Å². The molecule has 19 heavy (non-hydrogen) atoms. The Hall–Kier alpha value is -0.870. The molecular formula is C15H23NO2S. The molecule has 0 spiro atoms. The Balaban J connectivity index is 1.97. The average molecular weight is 281 g/mol. The molecule has 0 saturated heterocycles. The van der Waals surface area contributed by atoms with Crippen molar-refractivity contribution in [3.63, 3.8) is 0 Å². The number of hydrogen-bond acceptors (Lipinski definition) is 3. The van der Waals surface area contributed by atoms with E-state index in [9.17, 15) is 4.79 Å². The van der Waals surface area contributed by atoms with Crippen molar-refractivity contribution in [2.75, 3.05) is 0 Å². The van der Waals surface area contributed by atoms with Crippen molar-refractivity contribution in [3.8, 4) is 0 Å². The van der Waals surface area contributed by atoms with Crippen molar-refractivity contribution < 1.29 is 9.90 Å². The van der Waals surface area contributed by atoms with Gasteiger partial charge in [0.2, 0.25) is 0 Å². The highest BCUT2D eigenvalue weighted by Crippen LogP contribution is 2.27. The molecule has 2 rings (SSSR count). The molecule has 0 amide bonds. The van der Waals surface area contributed by atoms with Crippen LogP contribution in [0.2, 0.25) is 0 Å². The van der Waals surface area contributed by atoms with Gasteiger partial charge < -0.3 is 10.4 Å². The van der Waals surface area contributed by atoms with E-state index in [0.717, 1.165) is 10.8 Å². The number of carboxylic acid groups (broad SMARTS) is 1. The van der Waals surface area contributed by atoms with Crippen LogP contribution in [0.1, 0.15) is 56.4 Å². The molecule has 0 aromatic carbocycles. The van der Waals surface area contributed by atoms with E-state index in [2.05, 4.69) is 12.2 Å². The molecule has 1 fully saturated rings. The van der Waals surface area contributed by atoms with Crippen molar-refractivity contribution >= 4 is 17.3 Å². The number of hydrogen-bond donors (Lipinski definition) is 2. The molecule has 0 bridgehead atoms. The van der Waals surface area contributed by atoms with Crippen LogP contribution >= 0.6 is 11.3 Å². The van der Waals surface area contributed by atoms with Gasteiger partial charge in [-0.1, -0.05) is 25.8 Å². The maximum atomic E-state index is 11.0. The van der Waals surface area contributed by atoms with Gasteiger partial charge in [-0.2, -0.15) is 0 Å². The molecule has 1 aliphatic carbocycles. The van der Waals surface area contributed by atoms with Gasteiger partial charge in [-0.3, -0.25) is 4.79 Å². The zero-order valence-corrected chi connectivity index (χ0v) is 12.3. The molecule has 1 saturated carbocycles. The number of carboxylic acids is 1. The number of aliphatic carboxylic acids is 1. The van der Waals surface area contributed by atoms with Crippen molar-refractivity contribution in [2.24, 2.45) is 5.92 Å². The van der Waals surface area contributed by atoms with Gasteiger partial charge in [-0.05, 0) is 36.6 Å². The van der Waals surface area contributed by atoms with Crippen LogP contribution in [0.15, 0.2) is 17.5 Å². The number of carbonyl (C=O) groups is 1. The zero-order chi connectivity index (χ0) is 13.7. The van der Waals surface area contributed by atoms with Gasteiger partial charge in [0.1, 0.15) is 0 Å². The van der Waals surface area contributed by atoms with Crippen LogP contribution in [0.4, 0.5) is 0 Å². The summed E-state index contributed by atoms with van der Waals surface area (Å²) < 4.78 is 0. The van der Waals surface area contributed by atoms with Gasteiger partial charge in [0.15, 0.2) is 0 Å². The third-order valence-corrected chi connectivity index (χ3v) is 4.95. The van der Waals surface area contributed by atoms with Crippen LogP contribution in [0.3, 0.4) is 0 Å². The average Bonchev–Trinajstić information content (AvgIpc) is 2.80. The molecule has 106 valence electrons. The smallest absolute Gasteiger partial charge is 0.305 e. The van der Waals surface area contributed by atoms with Crippen molar-refractivity contribution in [1.82, 2.24) is 5.32 Å². The molecule has 3 atom stereocenters. The lowest BCUT2D eigenvalue weighted by molar-refractivity contribution is -0.137. The highest BCUT2D eigenvalue weighted by molar-refractivity contribution is 7.10. The SMILES string of the molecule is CC1CCCC(NC(CC(=O)O)c2cccs2)CC1. The predicted molar refractivity (Wildman–Crippen MR) is 78.5 cm³/mol. The Morgan fingerprint density at radius 2 is 2.32 bits per heavy atom. The van der Waals surface area contributed by atoms with E-state index in [1.54, 1.807) is 11.3 Å². The molecule has 4 heteroatoms. The number of nitrogens with one attached hydrogen (secondary N) is 1. The third-order valence-electron chi connectivity index (χ3n) is 3.96. The molecule has 1 heterocycles. The molecule has 1 aromatic rings. The predicted octanol–water partition coefficient (Wildman–Crippen LogP) is 3.82. The van der Waals surface area contributed by atoms with Gasteiger partial charge in [0.25, 0.3) is 0 Å². The molecule has 2 N–H and O–H groups in total. The first kappa shape index (κ1) is 14.5. The quantitative estimate of drug-likeness (QED) is 0.807. The van der Waals surface area contributed by atoms with E-state index >= 15 is 0 Å². The lowest BCUT2D eigenvalue weighted by atomic mass is 10.0. The maximum Gasteiger partial charge on any atom is 0.305 e. The minimum Gasteiger partial charge on any atom is -0.481 e. The summed E-state index contributed by atoms with van der Waals surface area (Å²) in [7, 11) is 0. The van der Waals surface area contributed by atoms with Crippen molar-refractivity contribution in [1.29, 1.82) is 0 Å². The molecule has 3 unspecified atom stereocenters. The summed E-state index contributed by atoms with van der Waals surface area (Å²) in [6, 6.07) is 4.46. The molecule has 1 aromatic heterocycles. The fraction of sp³-hybridized carbons (Fsp3) is 0.667. The number of thiophene rings is 1. The van der Waals surface area contributed by atoms with E-state index in [1.165, 1.54) is 32.1 Å². The van der Waals surface area contributed by atoms with Crippen LogP contribution in [-0.2, 0) is 4.79 Å². The largest absolute Gasteiger partial charge is 0.481 e. The van der Waals surface area contributed by atoms with Gasteiger partial charge >= 0.3 is 5.97 Å². The molecular weight excluding hydrogens is 258 g/mol. The normalized spacial score (nSPS) is 25.7. The summed E-state index contributed by atoms with van der Waals surface area (Å²) >= 11 is 1.64. The second-order valence-corrected chi connectivity index (χ2v) is 6.62. The minimum absolute atomic E-state index is 0.0316. The lowest BCUT2D eigenvalue weighted by Gasteiger charge is -2.23. The Morgan fingerprint density at radius 3 is 3.00 bits per heavy atom. The van der Waals surface area contributed by atoms with Crippen LogP contribution in [-0.4, -0.2) is 17.1 Å². The van der Waals surface area contributed by atoms with Crippen LogP contribution < -0.4 is 5.32 Å². The fourth-order valence-corrected chi connectivity index (χ4v) is 3.63. The van der Waals surface area contributed by atoms with E-state index in [1.807, 2.05) is 17.5 Å². The van der Waals surface area contributed by atoms with Gasteiger partial charge in [0.05, 0.1) is 12.5 Å². The summed E-state index contributed by atoms with van der Waals surface area (Å²) in [5, 5.41) is 14.7. The maximum absolute atomic E-state index is 11.0. The van der Waals surface area contributed by atoms with Crippen LogP contribution in [0, 0.1) is 5.92 Å². The Bertz CT molecular complexity index is 391. The van der Waals surface area contributed by atoms with E-state index in [0.29, 0.717) is 6.04 Å². The standard InChI is InChI=1S/C15H23NO2S/c1-11-4-2-5-12(8-7-11)16-13(10-15(17)18)14-6-3-9-19-14/h3,6,9,11-13,16H,2,4-5,7-8,10H2,1H3,(H,17,18). The minimum atomic E-state index is -0.729. The summed E-state index contributed by atoms with van der Waals surface area (Å²) in [5.74, 6) is 0.0827. The summed E-state index contributed by atoms with van der Waals surface area (Å²) in [4.78, 5) is 12.2. The zero-order valence-electron chi connectivity index (χ0n) is 11.5. The summed E-state index contributed by atoms with van der Waals surface area (Å²) in [5.41, 5.74) is 0. The van der Waals surface area contributed by atoms with Crippen LogP contribution in [0.25, 0.3) is 0 Å². The van der Waals surface area contributed by atoms with E-state index in [4.69, 9.17) is 5.11 Å². The van der Waals surface area contributed by atoms with Gasteiger partial charge in [-0.25, -0.2) is 0 Å². The highest BCUT2D eigenvalue weighted by atomic mass is 32.1. The topological polar surface area (TPSA) is 49.3 Å². The first-order chi connectivity index (χ1) is 9.15. The second kappa shape index (κ2) is 7.06. The molecule has 0 aliphatic heterocycles.